The summed E-state index contributed by atoms with van der Waals surface area (Å²) >= 11 is 0. The summed E-state index contributed by atoms with van der Waals surface area (Å²) in [6.45, 7) is 4.46. The molecule has 2 aliphatic heterocycles. The third kappa shape index (κ3) is 4.31. The van der Waals surface area contributed by atoms with Gasteiger partial charge in [0.25, 0.3) is 5.91 Å². The lowest BCUT2D eigenvalue weighted by molar-refractivity contribution is -0.133. The number of carbonyl (C=O) groups is 1. The number of carbonyl (C=O) groups excluding carboxylic acids is 1. The highest BCUT2D eigenvalue weighted by Crippen LogP contribution is 2.41. The minimum Gasteiger partial charge on any atom is -0.483 e. The number of benzene rings is 2. The Labute approximate surface area is 177 Å². The molecule has 1 fully saturated rings. The number of hydrogen-bond donors (Lipinski definition) is 0. The van der Waals surface area contributed by atoms with Crippen LogP contribution in [0.4, 0.5) is 0 Å². The zero-order valence-corrected chi connectivity index (χ0v) is 18.2. The molecule has 2 aliphatic rings. The molecule has 0 bridgehead atoms. The van der Waals surface area contributed by atoms with E-state index in [2.05, 4.69) is 0 Å². The average molecular weight is 430 g/mol. The number of nitrogens with zero attached hydrogens (tertiary/aromatic N) is 1. The van der Waals surface area contributed by atoms with Gasteiger partial charge < -0.3 is 14.4 Å². The fraction of sp³-hybridized carbons (Fsp3) is 0.435. The first-order valence-electron chi connectivity index (χ1n) is 10.2. The molecule has 0 N–H and O–H groups in total. The first-order chi connectivity index (χ1) is 14.3. The standard InChI is InChI=1S/C23H27NO5S/c1-23(2)15-18-9-6-10-19(22(18)29-23)28-16-21(25)24-12-11-20(30(26,27)14-13-24)17-7-4-3-5-8-17/h3-10,20H,11-16H2,1-2H3. The predicted molar refractivity (Wildman–Crippen MR) is 115 cm³/mol. The third-order valence-electron chi connectivity index (χ3n) is 5.67. The Balaban J connectivity index is 1.42. The van der Waals surface area contributed by atoms with Crippen LogP contribution in [0.5, 0.6) is 11.5 Å². The largest absolute Gasteiger partial charge is 0.483 e. The van der Waals surface area contributed by atoms with Crippen molar-refractivity contribution in [3.8, 4) is 11.5 Å². The van der Waals surface area contributed by atoms with Crippen molar-refractivity contribution < 1.29 is 22.7 Å². The highest BCUT2D eigenvalue weighted by atomic mass is 32.2. The van der Waals surface area contributed by atoms with Gasteiger partial charge in [-0.05, 0) is 31.9 Å². The number of ether oxygens (including phenoxy) is 2. The van der Waals surface area contributed by atoms with Crippen molar-refractivity contribution in [1.82, 2.24) is 4.90 Å². The van der Waals surface area contributed by atoms with E-state index in [1.54, 1.807) is 11.0 Å². The summed E-state index contributed by atoms with van der Waals surface area (Å²) in [5.74, 6) is 0.985. The van der Waals surface area contributed by atoms with E-state index >= 15 is 0 Å². The molecule has 2 aromatic carbocycles. The van der Waals surface area contributed by atoms with Crippen molar-refractivity contribution in [2.24, 2.45) is 0 Å². The van der Waals surface area contributed by atoms with Gasteiger partial charge in [-0.2, -0.15) is 0 Å². The van der Waals surface area contributed by atoms with Crippen molar-refractivity contribution in [3.05, 3.63) is 59.7 Å². The maximum absolute atomic E-state index is 12.8. The summed E-state index contributed by atoms with van der Waals surface area (Å²) in [6, 6.07) is 14.9. The van der Waals surface area contributed by atoms with Crippen molar-refractivity contribution in [3.63, 3.8) is 0 Å². The second-order valence-corrected chi connectivity index (χ2v) is 10.8. The molecule has 1 atom stereocenters. The maximum atomic E-state index is 12.8. The Morgan fingerprint density at radius 1 is 1.13 bits per heavy atom. The smallest absolute Gasteiger partial charge is 0.260 e. The second-order valence-electron chi connectivity index (χ2n) is 8.51. The third-order valence-corrected chi connectivity index (χ3v) is 7.80. The highest BCUT2D eigenvalue weighted by molar-refractivity contribution is 7.91. The van der Waals surface area contributed by atoms with Gasteiger partial charge in [0, 0.05) is 25.1 Å². The molecule has 6 nitrogen and oxygen atoms in total. The van der Waals surface area contributed by atoms with Crippen LogP contribution < -0.4 is 9.47 Å². The summed E-state index contributed by atoms with van der Waals surface area (Å²) in [4.78, 5) is 14.4. The summed E-state index contributed by atoms with van der Waals surface area (Å²) in [5, 5.41) is -0.578. The SMILES string of the molecule is CC1(C)Cc2cccc(OCC(=O)N3CCC(c4ccccc4)S(=O)(=O)CC3)c2O1. The van der Waals surface area contributed by atoms with Crippen molar-refractivity contribution in [2.75, 3.05) is 25.4 Å². The van der Waals surface area contributed by atoms with Gasteiger partial charge in [0.05, 0.1) is 11.0 Å². The fourth-order valence-corrected chi connectivity index (χ4v) is 5.96. The fourth-order valence-electron chi connectivity index (χ4n) is 4.17. The zero-order valence-electron chi connectivity index (χ0n) is 17.3. The molecular formula is C23H27NO5S. The summed E-state index contributed by atoms with van der Waals surface area (Å²) < 4.78 is 37.3. The molecule has 30 heavy (non-hydrogen) atoms. The van der Waals surface area contributed by atoms with Crippen LogP contribution in [0.3, 0.4) is 0 Å². The van der Waals surface area contributed by atoms with Crippen LogP contribution >= 0.6 is 0 Å². The van der Waals surface area contributed by atoms with Crippen LogP contribution in [-0.2, 0) is 21.1 Å². The van der Waals surface area contributed by atoms with E-state index in [0.29, 0.717) is 24.5 Å². The van der Waals surface area contributed by atoms with E-state index in [1.807, 2.05) is 56.3 Å². The van der Waals surface area contributed by atoms with Crippen LogP contribution in [0.15, 0.2) is 48.5 Å². The van der Waals surface area contributed by atoms with E-state index in [-0.39, 0.29) is 30.4 Å². The van der Waals surface area contributed by atoms with Gasteiger partial charge in [0.1, 0.15) is 5.60 Å². The lowest BCUT2D eigenvalue weighted by Crippen LogP contribution is -2.37. The number of hydrogen-bond acceptors (Lipinski definition) is 5. The molecule has 1 saturated heterocycles. The van der Waals surface area contributed by atoms with Gasteiger partial charge >= 0.3 is 0 Å². The molecule has 0 aromatic heterocycles. The number of sulfone groups is 1. The lowest BCUT2D eigenvalue weighted by atomic mass is 10.0. The molecule has 160 valence electrons. The first kappa shape index (κ1) is 20.7. The molecule has 2 aromatic rings. The van der Waals surface area contributed by atoms with Crippen LogP contribution in [0.2, 0.25) is 0 Å². The van der Waals surface area contributed by atoms with Crippen LogP contribution in [0.1, 0.15) is 36.6 Å². The Kier molecular flexibility index (Phi) is 5.49. The van der Waals surface area contributed by atoms with Crippen LogP contribution in [0.25, 0.3) is 0 Å². The molecule has 1 unspecified atom stereocenters. The molecule has 4 rings (SSSR count). The minimum atomic E-state index is -3.32. The second kappa shape index (κ2) is 7.95. The van der Waals surface area contributed by atoms with Gasteiger partial charge in [-0.15, -0.1) is 0 Å². The van der Waals surface area contributed by atoms with E-state index in [9.17, 15) is 13.2 Å². The van der Waals surface area contributed by atoms with Crippen LogP contribution in [0, 0.1) is 0 Å². The quantitative estimate of drug-likeness (QED) is 0.747. The van der Waals surface area contributed by atoms with Gasteiger partial charge in [-0.25, -0.2) is 8.42 Å². The normalized spacial score (nSPS) is 21.9. The predicted octanol–water partition coefficient (Wildman–Crippen LogP) is 3.17. The topological polar surface area (TPSA) is 72.9 Å². The molecule has 0 aliphatic carbocycles. The first-order valence-corrected chi connectivity index (χ1v) is 11.9. The summed E-state index contributed by atoms with van der Waals surface area (Å²) in [7, 11) is -3.32. The van der Waals surface area contributed by atoms with Gasteiger partial charge in [-0.3, -0.25) is 4.79 Å². The van der Waals surface area contributed by atoms with Crippen molar-refractivity contribution >= 4 is 15.7 Å². The Hall–Kier alpha value is -2.54. The zero-order chi connectivity index (χ0) is 21.4. The summed E-state index contributed by atoms with van der Waals surface area (Å²) in [5.41, 5.74) is 1.55. The molecule has 1 amide bonds. The van der Waals surface area contributed by atoms with E-state index in [4.69, 9.17) is 9.47 Å². The van der Waals surface area contributed by atoms with Crippen molar-refractivity contribution in [1.29, 1.82) is 0 Å². The molecule has 0 saturated carbocycles. The number of amides is 1. The number of para-hydroxylation sites is 1. The molecule has 7 heteroatoms. The van der Waals surface area contributed by atoms with E-state index in [1.165, 1.54) is 0 Å². The average Bonchev–Trinajstić information content (AvgIpc) is 2.93. The monoisotopic (exact) mass is 429 g/mol. The lowest BCUT2D eigenvalue weighted by Gasteiger charge is -2.21. The number of fused-ring (bicyclic) bond motifs is 1. The van der Waals surface area contributed by atoms with Gasteiger partial charge in [0.2, 0.25) is 0 Å². The summed E-state index contributed by atoms with van der Waals surface area (Å²) in [6.07, 6.45) is 1.18. The van der Waals surface area contributed by atoms with Gasteiger partial charge in [0.15, 0.2) is 27.9 Å². The van der Waals surface area contributed by atoms with E-state index in [0.717, 1.165) is 17.5 Å². The number of rotatable bonds is 4. The molecule has 0 radical (unpaired) electrons. The maximum Gasteiger partial charge on any atom is 0.260 e. The molecule has 2 heterocycles. The Morgan fingerprint density at radius 2 is 1.90 bits per heavy atom. The molecule has 0 spiro atoms. The van der Waals surface area contributed by atoms with E-state index < -0.39 is 15.1 Å². The Morgan fingerprint density at radius 3 is 2.67 bits per heavy atom. The minimum absolute atomic E-state index is 0.0453. The Bertz CT molecular complexity index is 1030. The van der Waals surface area contributed by atoms with Crippen LogP contribution in [-0.4, -0.2) is 50.3 Å². The molecular weight excluding hydrogens is 402 g/mol. The highest BCUT2D eigenvalue weighted by Gasteiger charge is 2.34. The van der Waals surface area contributed by atoms with Crippen molar-refractivity contribution in [2.45, 2.75) is 37.5 Å². The van der Waals surface area contributed by atoms with Gasteiger partial charge in [-0.1, -0.05) is 42.5 Å².